The molecule has 0 aliphatic carbocycles. The lowest BCUT2D eigenvalue weighted by atomic mass is 10.2. The van der Waals surface area contributed by atoms with Crippen molar-refractivity contribution in [3.05, 3.63) is 69.6 Å². The lowest BCUT2D eigenvalue weighted by Gasteiger charge is -2.13. The van der Waals surface area contributed by atoms with Gasteiger partial charge in [-0.2, -0.15) is 0 Å². The molecule has 0 unspecified atom stereocenters. The molecule has 6 nitrogen and oxygen atoms in total. The third-order valence-corrected chi connectivity index (χ3v) is 4.87. The summed E-state index contributed by atoms with van der Waals surface area (Å²) in [7, 11) is 0. The zero-order valence-corrected chi connectivity index (χ0v) is 15.4. The second-order valence-corrected chi connectivity index (χ2v) is 6.83. The number of hydrogen-bond acceptors (Lipinski definition) is 5. The van der Waals surface area contributed by atoms with Gasteiger partial charge in [0, 0.05) is 19.3 Å². The zero-order chi connectivity index (χ0) is 19.4. The van der Waals surface area contributed by atoms with Crippen molar-refractivity contribution < 1.29 is 18.8 Å². The minimum absolute atomic E-state index is 0.0229. The molecule has 1 fully saturated rings. The molecule has 138 valence electrons. The van der Waals surface area contributed by atoms with Gasteiger partial charge in [-0.05, 0) is 47.7 Å². The van der Waals surface area contributed by atoms with E-state index in [0.29, 0.717) is 5.56 Å². The first kappa shape index (κ1) is 19.1. The molecule has 1 saturated heterocycles. The standard InChI is InChI=1S/C18H13ClFN3O3S/c19-15-13(2-1-7-21-15)16(24)22-8-9-23-17(25)14(27-18(23)26)10-11-3-5-12(20)6-4-11/h1-7,10H,8-9H2,(H,22,24)/b14-10-. The second-order valence-electron chi connectivity index (χ2n) is 5.48. The predicted octanol–water partition coefficient (Wildman–Crippen LogP) is 3.34. The number of pyridine rings is 1. The number of aromatic nitrogens is 1. The molecule has 0 spiro atoms. The van der Waals surface area contributed by atoms with E-state index in [-0.39, 0.29) is 34.5 Å². The van der Waals surface area contributed by atoms with E-state index in [2.05, 4.69) is 10.3 Å². The van der Waals surface area contributed by atoms with Gasteiger partial charge in [0.1, 0.15) is 11.0 Å². The molecule has 3 rings (SSSR count). The third kappa shape index (κ3) is 4.53. The lowest BCUT2D eigenvalue weighted by molar-refractivity contribution is -0.122. The van der Waals surface area contributed by atoms with Crippen LogP contribution in [0.2, 0.25) is 5.15 Å². The SMILES string of the molecule is O=C(NCCN1C(=O)S/C(=C\c2ccc(F)cc2)C1=O)c1cccnc1Cl. The van der Waals surface area contributed by atoms with Crippen molar-refractivity contribution in [1.29, 1.82) is 0 Å². The first-order chi connectivity index (χ1) is 13.0. The number of halogens is 2. The number of thioether (sulfide) groups is 1. The van der Waals surface area contributed by atoms with E-state index >= 15 is 0 Å². The van der Waals surface area contributed by atoms with E-state index in [9.17, 15) is 18.8 Å². The average molecular weight is 406 g/mol. The van der Waals surface area contributed by atoms with Crippen LogP contribution in [-0.2, 0) is 4.79 Å². The fraction of sp³-hybridized carbons (Fsp3) is 0.111. The van der Waals surface area contributed by atoms with Crippen LogP contribution in [0.3, 0.4) is 0 Å². The normalized spacial score (nSPS) is 15.5. The number of nitrogens with one attached hydrogen (secondary N) is 1. The monoisotopic (exact) mass is 405 g/mol. The number of hydrogen-bond donors (Lipinski definition) is 1. The molecule has 1 aromatic heterocycles. The van der Waals surface area contributed by atoms with E-state index in [1.807, 2.05) is 0 Å². The lowest BCUT2D eigenvalue weighted by Crippen LogP contribution is -2.37. The number of amides is 3. The molecule has 27 heavy (non-hydrogen) atoms. The van der Waals surface area contributed by atoms with Crippen molar-refractivity contribution in [2.45, 2.75) is 0 Å². The maximum atomic E-state index is 13.0. The molecule has 3 amide bonds. The number of nitrogens with zero attached hydrogens (tertiary/aromatic N) is 2. The highest BCUT2D eigenvalue weighted by Crippen LogP contribution is 2.31. The molecule has 1 aliphatic heterocycles. The van der Waals surface area contributed by atoms with Crippen LogP contribution >= 0.6 is 23.4 Å². The van der Waals surface area contributed by atoms with Crippen LogP contribution in [0.15, 0.2) is 47.5 Å². The summed E-state index contributed by atoms with van der Waals surface area (Å²) < 4.78 is 13.0. The quantitative estimate of drug-likeness (QED) is 0.609. The Bertz CT molecular complexity index is 934. The summed E-state index contributed by atoms with van der Waals surface area (Å²) in [5.41, 5.74) is 0.825. The molecule has 1 aliphatic rings. The van der Waals surface area contributed by atoms with Crippen molar-refractivity contribution in [2.75, 3.05) is 13.1 Å². The van der Waals surface area contributed by atoms with Gasteiger partial charge < -0.3 is 5.32 Å². The van der Waals surface area contributed by atoms with Crippen LogP contribution in [0.5, 0.6) is 0 Å². The van der Waals surface area contributed by atoms with E-state index in [4.69, 9.17) is 11.6 Å². The zero-order valence-electron chi connectivity index (χ0n) is 13.8. The van der Waals surface area contributed by atoms with Crippen LogP contribution in [0.25, 0.3) is 6.08 Å². The van der Waals surface area contributed by atoms with Crippen molar-refractivity contribution in [1.82, 2.24) is 15.2 Å². The summed E-state index contributed by atoms with van der Waals surface area (Å²) in [6.45, 7) is 0.0982. The van der Waals surface area contributed by atoms with Crippen LogP contribution in [0.4, 0.5) is 9.18 Å². The summed E-state index contributed by atoms with van der Waals surface area (Å²) in [6, 6.07) is 8.68. The van der Waals surface area contributed by atoms with Crippen LogP contribution in [0, 0.1) is 5.82 Å². The van der Waals surface area contributed by atoms with Gasteiger partial charge >= 0.3 is 0 Å². The molecule has 1 aromatic carbocycles. The van der Waals surface area contributed by atoms with Gasteiger partial charge in [0.2, 0.25) is 0 Å². The van der Waals surface area contributed by atoms with Gasteiger partial charge in [0.15, 0.2) is 0 Å². The number of carbonyl (C=O) groups excluding carboxylic acids is 3. The van der Waals surface area contributed by atoms with E-state index in [1.54, 1.807) is 6.07 Å². The predicted molar refractivity (Wildman–Crippen MR) is 101 cm³/mol. The summed E-state index contributed by atoms with van der Waals surface area (Å²) in [4.78, 5) is 41.6. The van der Waals surface area contributed by atoms with Crippen LogP contribution in [0.1, 0.15) is 15.9 Å². The molecular formula is C18H13ClFN3O3S. The Balaban J connectivity index is 1.60. The summed E-state index contributed by atoms with van der Waals surface area (Å²) in [5, 5.41) is 2.24. The highest BCUT2D eigenvalue weighted by atomic mass is 35.5. The Morgan fingerprint density at radius 3 is 2.70 bits per heavy atom. The summed E-state index contributed by atoms with van der Waals surface area (Å²) in [6.07, 6.45) is 2.99. The number of imide groups is 1. The molecule has 9 heteroatoms. The largest absolute Gasteiger partial charge is 0.350 e. The van der Waals surface area contributed by atoms with E-state index in [1.165, 1.54) is 42.6 Å². The maximum absolute atomic E-state index is 13.0. The van der Waals surface area contributed by atoms with Crippen molar-refractivity contribution in [3.8, 4) is 0 Å². The summed E-state index contributed by atoms with van der Waals surface area (Å²) in [5.74, 6) is -1.28. The first-order valence-corrected chi connectivity index (χ1v) is 9.05. The maximum Gasteiger partial charge on any atom is 0.293 e. The molecule has 0 radical (unpaired) electrons. The van der Waals surface area contributed by atoms with Gasteiger partial charge in [0.25, 0.3) is 17.1 Å². The smallest absolute Gasteiger partial charge is 0.293 e. The first-order valence-electron chi connectivity index (χ1n) is 7.85. The molecule has 0 atom stereocenters. The van der Waals surface area contributed by atoms with Gasteiger partial charge in [-0.3, -0.25) is 19.3 Å². The Kier molecular flexibility index (Phi) is 5.88. The second kappa shape index (κ2) is 8.32. The van der Waals surface area contributed by atoms with Crippen molar-refractivity contribution in [2.24, 2.45) is 0 Å². The molecule has 2 heterocycles. The number of carbonyl (C=O) groups is 3. The van der Waals surface area contributed by atoms with Gasteiger partial charge in [-0.25, -0.2) is 9.37 Å². The highest BCUT2D eigenvalue weighted by Gasteiger charge is 2.34. The Morgan fingerprint density at radius 1 is 1.26 bits per heavy atom. The molecular weight excluding hydrogens is 393 g/mol. The fourth-order valence-corrected chi connectivity index (χ4v) is 3.41. The van der Waals surface area contributed by atoms with E-state index in [0.717, 1.165) is 16.7 Å². The van der Waals surface area contributed by atoms with Crippen LogP contribution in [-0.4, -0.2) is 40.0 Å². The highest BCUT2D eigenvalue weighted by molar-refractivity contribution is 8.18. The van der Waals surface area contributed by atoms with Crippen molar-refractivity contribution >= 4 is 46.5 Å². The van der Waals surface area contributed by atoms with Gasteiger partial charge in [0.05, 0.1) is 10.5 Å². The van der Waals surface area contributed by atoms with Gasteiger partial charge in [-0.1, -0.05) is 23.7 Å². The summed E-state index contributed by atoms with van der Waals surface area (Å²) >= 11 is 6.65. The third-order valence-electron chi connectivity index (χ3n) is 3.67. The topological polar surface area (TPSA) is 79.4 Å². The van der Waals surface area contributed by atoms with Crippen LogP contribution < -0.4 is 5.32 Å². The minimum atomic E-state index is -0.456. The number of rotatable bonds is 5. The molecule has 1 N–H and O–H groups in total. The average Bonchev–Trinajstić information content (AvgIpc) is 2.91. The van der Waals surface area contributed by atoms with E-state index < -0.39 is 17.1 Å². The van der Waals surface area contributed by atoms with Gasteiger partial charge in [-0.15, -0.1) is 0 Å². The molecule has 0 bridgehead atoms. The number of benzene rings is 1. The Morgan fingerprint density at radius 2 is 2.00 bits per heavy atom. The van der Waals surface area contributed by atoms with Crippen molar-refractivity contribution in [3.63, 3.8) is 0 Å². The molecule has 2 aromatic rings. The fourth-order valence-electron chi connectivity index (χ4n) is 2.34. The Labute approximate surface area is 163 Å². The Hall–Kier alpha value is -2.71. The minimum Gasteiger partial charge on any atom is -0.350 e. The molecule has 0 saturated carbocycles.